The zero-order chi connectivity index (χ0) is 15.2. The Kier molecular flexibility index (Phi) is 4.83. The molecule has 1 heterocycles. The highest BCUT2D eigenvalue weighted by Crippen LogP contribution is 2.12. The molecule has 0 aliphatic rings. The first kappa shape index (κ1) is 14.9. The van der Waals surface area contributed by atoms with E-state index in [1.54, 1.807) is 38.3 Å². The van der Waals surface area contributed by atoms with Gasteiger partial charge < -0.3 is 4.74 Å². The molecule has 8 heteroatoms. The lowest BCUT2D eigenvalue weighted by atomic mass is 10.1. The molecule has 1 aromatic carbocycles. The van der Waals surface area contributed by atoms with Gasteiger partial charge in [0.15, 0.2) is 0 Å². The Morgan fingerprint density at radius 2 is 2.14 bits per heavy atom. The molecule has 0 spiro atoms. The fraction of sp³-hybridized carbons (Fsp3) is 0.231. The van der Waals surface area contributed by atoms with E-state index in [0.29, 0.717) is 16.3 Å². The molecule has 2 aromatic rings. The van der Waals surface area contributed by atoms with Crippen molar-refractivity contribution >= 4 is 23.3 Å². The van der Waals surface area contributed by atoms with Gasteiger partial charge in [-0.3, -0.25) is 20.4 Å². The molecule has 2 amide bonds. The van der Waals surface area contributed by atoms with Crippen LogP contribution in [0.4, 0.5) is 0 Å². The largest absolute Gasteiger partial charge is 0.497 e. The van der Waals surface area contributed by atoms with Gasteiger partial charge in [-0.1, -0.05) is 16.6 Å². The molecule has 0 radical (unpaired) electrons. The number of ether oxygens (including phenoxy) is 1. The first-order chi connectivity index (χ1) is 10.1. The Morgan fingerprint density at radius 3 is 2.81 bits per heavy atom. The maximum absolute atomic E-state index is 11.8. The van der Waals surface area contributed by atoms with Crippen LogP contribution >= 0.6 is 11.5 Å². The molecule has 0 saturated carbocycles. The second kappa shape index (κ2) is 6.80. The topological polar surface area (TPSA) is 93.2 Å². The summed E-state index contributed by atoms with van der Waals surface area (Å²) in [5, 5.41) is 3.73. The van der Waals surface area contributed by atoms with E-state index in [-0.39, 0.29) is 12.3 Å². The first-order valence-electron chi connectivity index (χ1n) is 6.11. The molecule has 0 aliphatic carbocycles. The average molecular weight is 306 g/mol. The summed E-state index contributed by atoms with van der Waals surface area (Å²) in [4.78, 5) is 23.9. The van der Waals surface area contributed by atoms with Gasteiger partial charge in [0.1, 0.15) is 10.6 Å². The van der Waals surface area contributed by atoms with Gasteiger partial charge in [-0.15, -0.1) is 5.10 Å². The minimum absolute atomic E-state index is 0.136. The van der Waals surface area contributed by atoms with Crippen molar-refractivity contribution in [3.05, 3.63) is 40.4 Å². The predicted molar refractivity (Wildman–Crippen MR) is 77.0 cm³/mol. The molecule has 0 saturated heterocycles. The number of amides is 2. The minimum atomic E-state index is -0.429. The zero-order valence-electron chi connectivity index (χ0n) is 11.5. The highest BCUT2D eigenvalue weighted by Gasteiger charge is 2.13. The van der Waals surface area contributed by atoms with Crippen molar-refractivity contribution in [2.45, 2.75) is 13.3 Å². The Morgan fingerprint density at radius 1 is 1.33 bits per heavy atom. The lowest BCUT2D eigenvalue weighted by Crippen LogP contribution is -2.42. The number of methoxy groups -OCH3 is 1. The molecule has 0 unspecified atom stereocenters. The number of aryl methyl sites for hydroxylation is 1. The predicted octanol–water partition coefficient (Wildman–Crippen LogP) is 0.859. The number of hydrazine groups is 1. The van der Waals surface area contributed by atoms with Crippen LogP contribution in [0.2, 0.25) is 0 Å². The third kappa shape index (κ3) is 3.99. The molecule has 0 atom stereocenters. The van der Waals surface area contributed by atoms with Crippen LogP contribution in [0.25, 0.3) is 0 Å². The molecule has 1 aromatic heterocycles. The van der Waals surface area contributed by atoms with Gasteiger partial charge >= 0.3 is 0 Å². The van der Waals surface area contributed by atoms with Crippen molar-refractivity contribution in [2.75, 3.05) is 7.11 Å². The summed E-state index contributed by atoms with van der Waals surface area (Å²) >= 11 is 0.977. The number of carbonyl (C=O) groups is 2. The summed E-state index contributed by atoms with van der Waals surface area (Å²) in [5.74, 6) is -0.0797. The van der Waals surface area contributed by atoms with Crippen molar-refractivity contribution in [1.82, 2.24) is 20.4 Å². The standard InChI is InChI=1S/C13H14N4O3S/c1-8-12(21-17-14-8)13(19)16-15-11(18)7-9-4-3-5-10(6-9)20-2/h3-6H,7H2,1-2H3,(H,15,18)(H,16,19). The van der Waals surface area contributed by atoms with Crippen molar-refractivity contribution in [1.29, 1.82) is 0 Å². The summed E-state index contributed by atoms with van der Waals surface area (Å²) in [6, 6.07) is 7.16. The van der Waals surface area contributed by atoms with E-state index in [2.05, 4.69) is 20.4 Å². The summed E-state index contributed by atoms with van der Waals surface area (Å²) in [6.45, 7) is 1.68. The number of benzene rings is 1. The lowest BCUT2D eigenvalue weighted by molar-refractivity contribution is -0.121. The second-order valence-corrected chi connectivity index (χ2v) is 4.97. The van der Waals surface area contributed by atoms with E-state index < -0.39 is 5.91 Å². The van der Waals surface area contributed by atoms with E-state index >= 15 is 0 Å². The summed E-state index contributed by atoms with van der Waals surface area (Å²) in [5.41, 5.74) is 6.01. The van der Waals surface area contributed by atoms with Crippen LogP contribution in [-0.2, 0) is 11.2 Å². The van der Waals surface area contributed by atoms with Gasteiger partial charge in [-0.25, -0.2) is 0 Å². The molecule has 7 nitrogen and oxygen atoms in total. The van der Waals surface area contributed by atoms with Gasteiger partial charge in [0.25, 0.3) is 5.91 Å². The van der Waals surface area contributed by atoms with Crippen LogP contribution in [0.1, 0.15) is 20.9 Å². The third-order valence-corrected chi connectivity index (χ3v) is 3.50. The third-order valence-electron chi connectivity index (χ3n) is 2.67. The highest BCUT2D eigenvalue weighted by molar-refractivity contribution is 7.07. The van der Waals surface area contributed by atoms with Gasteiger partial charge in [0, 0.05) is 0 Å². The van der Waals surface area contributed by atoms with E-state index in [1.165, 1.54) is 0 Å². The average Bonchev–Trinajstić information content (AvgIpc) is 2.91. The number of hydrogen-bond acceptors (Lipinski definition) is 6. The Balaban J connectivity index is 1.87. The van der Waals surface area contributed by atoms with Crippen LogP contribution in [0.5, 0.6) is 5.75 Å². The van der Waals surface area contributed by atoms with E-state index in [4.69, 9.17) is 4.74 Å². The first-order valence-corrected chi connectivity index (χ1v) is 6.88. The summed E-state index contributed by atoms with van der Waals surface area (Å²) < 4.78 is 8.74. The zero-order valence-corrected chi connectivity index (χ0v) is 12.4. The summed E-state index contributed by atoms with van der Waals surface area (Å²) in [6.07, 6.45) is 0.136. The lowest BCUT2D eigenvalue weighted by Gasteiger charge is -2.07. The Hall–Kier alpha value is -2.48. The van der Waals surface area contributed by atoms with E-state index in [0.717, 1.165) is 17.1 Å². The molecular weight excluding hydrogens is 292 g/mol. The van der Waals surface area contributed by atoms with Crippen molar-refractivity contribution in [2.24, 2.45) is 0 Å². The highest BCUT2D eigenvalue weighted by atomic mass is 32.1. The van der Waals surface area contributed by atoms with Gasteiger partial charge in [0.05, 0.1) is 19.2 Å². The van der Waals surface area contributed by atoms with Crippen LogP contribution in [-0.4, -0.2) is 28.5 Å². The molecule has 21 heavy (non-hydrogen) atoms. The van der Waals surface area contributed by atoms with Crippen molar-refractivity contribution < 1.29 is 14.3 Å². The van der Waals surface area contributed by atoms with Crippen molar-refractivity contribution in [3.8, 4) is 5.75 Å². The Labute approximate surface area is 125 Å². The van der Waals surface area contributed by atoms with Gasteiger partial charge in [-0.2, -0.15) is 0 Å². The minimum Gasteiger partial charge on any atom is -0.497 e. The monoisotopic (exact) mass is 306 g/mol. The van der Waals surface area contributed by atoms with Crippen LogP contribution < -0.4 is 15.6 Å². The molecule has 110 valence electrons. The number of aromatic nitrogens is 2. The normalized spacial score (nSPS) is 10.0. The maximum Gasteiger partial charge on any atom is 0.283 e. The number of carbonyl (C=O) groups excluding carboxylic acids is 2. The van der Waals surface area contributed by atoms with Crippen LogP contribution in [0, 0.1) is 6.92 Å². The molecule has 2 N–H and O–H groups in total. The molecule has 0 bridgehead atoms. The second-order valence-electron chi connectivity index (χ2n) is 4.22. The fourth-order valence-electron chi connectivity index (χ4n) is 1.63. The molecule has 2 rings (SSSR count). The van der Waals surface area contributed by atoms with E-state index in [1.807, 2.05) is 0 Å². The van der Waals surface area contributed by atoms with Crippen LogP contribution in [0.15, 0.2) is 24.3 Å². The SMILES string of the molecule is COc1cccc(CC(=O)NNC(=O)c2snnc2C)c1. The van der Waals surface area contributed by atoms with Crippen LogP contribution in [0.3, 0.4) is 0 Å². The van der Waals surface area contributed by atoms with Crippen molar-refractivity contribution in [3.63, 3.8) is 0 Å². The fourth-order valence-corrected chi connectivity index (χ4v) is 2.19. The molecule has 0 aliphatic heterocycles. The van der Waals surface area contributed by atoms with Gasteiger partial charge in [-0.05, 0) is 36.2 Å². The smallest absolute Gasteiger partial charge is 0.283 e. The number of nitrogens with zero attached hydrogens (tertiary/aromatic N) is 2. The quantitative estimate of drug-likeness (QED) is 0.817. The number of hydrogen-bond donors (Lipinski definition) is 2. The van der Waals surface area contributed by atoms with E-state index in [9.17, 15) is 9.59 Å². The summed E-state index contributed by atoms with van der Waals surface area (Å²) in [7, 11) is 1.56. The number of rotatable bonds is 4. The van der Waals surface area contributed by atoms with Gasteiger partial charge in [0.2, 0.25) is 5.91 Å². The molecular formula is C13H14N4O3S. The molecule has 0 fully saturated rings. The number of nitrogens with one attached hydrogen (secondary N) is 2. The Bertz CT molecular complexity index is 656. The maximum atomic E-state index is 11.8.